The van der Waals surface area contributed by atoms with Gasteiger partial charge in [0.1, 0.15) is 19.6 Å². The molecule has 1 aliphatic carbocycles. The van der Waals surface area contributed by atoms with Gasteiger partial charge in [-0.3, -0.25) is 0 Å². The van der Waals surface area contributed by atoms with Crippen LogP contribution in [0.25, 0.3) is 5.57 Å². The predicted octanol–water partition coefficient (Wildman–Crippen LogP) is 6.57. The third kappa shape index (κ3) is 6.35. The molecule has 2 aromatic carbocycles. The van der Waals surface area contributed by atoms with E-state index in [4.69, 9.17) is 9.15 Å². The van der Waals surface area contributed by atoms with Gasteiger partial charge in [-0.25, -0.2) is 4.79 Å². The number of hydrogen-bond donors (Lipinski definition) is 1. The van der Waals surface area contributed by atoms with Gasteiger partial charge in [0.2, 0.25) is 0 Å². The number of carbonyl (C=O) groups is 1. The fourth-order valence-corrected chi connectivity index (χ4v) is 6.27. The second-order valence-corrected chi connectivity index (χ2v) is 16.6. The van der Waals surface area contributed by atoms with Crippen LogP contribution in [0.4, 0.5) is 0 Å². The first kappa shape index (κ1) is 27.0. The molecular weight excluding hydrogens is 500 g/mol. The van der Waals surface area contributed by atoms with E-state index in [1.54, 1.807) is 0 Å². The van der Waals surface area contributed by atoms with Gasteiger partial charge in [0.05, 0.1) is 11.0 Å². The largest absolute Gasteiger partial charge is 0.466 e. The van der Waals surface area contributed by atoms with Crippen molar-refractivity contribution >= 4 is 25.0 Å². The zero-order valence-corrected chi connectivity index (χ0v) is 24.0. The molecule has 0 unspecified atom stereocenters. The Balaban J connectivity index is 1.43. The van der Waals surface area contributed by atoms with Gasteiger partial charge >= 0.3 is 5.97 Å². The van der Waals surface area contributed by atoms with Gasteiger partial charge in [-0.15, -0.1) is 11.8 Å². The van der Waals surface area contributed by atoms with E-state index < -0.39 is 13.7 Å². The lowest BCUT2D eigenvalue weighted by Gasteiger charge is -2.32. The Kier molecular flexibility index (Phi) is 7.79. The zero-order chi connectivity index (χ0) is 27.5. The fraction of sp³-hybridized carbons (Fsp3) is 0.324. The summed E-state index contributed by atoms with van der Waals surface area (Å²) in [6, 6.07) is 24.4. The van der Waals surface area contributed by atoms with Crippen LogP contribution in [0.2, 0.25) is 19.6 Å². The summed E-state index contributed by atoms with van der Waals surface area (Å²) in [7, 11) is -1.67. The van der Waals surface area contributed by atoms with E-state index in [0.717, 1.165) is 41.4 Å². The molecule has 1 aromatic heterocycles. The maximum Gasteiger partial charge on any atom is 0.339 e. The molecule has 1 atom stereocenters. The summed E-state index contributed by atoms with van der Waals surface area (Å²) in [6.45, 7) is 6.70. The van der Waals surface area contributed by atoms with Crippen LogP contribution < -0.4 is 5.38 Å². The lowest BCUT2D eigenvalue weighted by Crippen LogP contribution is -2.36. The average Bonchev–Trinajstić information content (AvgIpc) is 3.53. The van der Waals surface area contributed by atoms with Crippen LogP contribution >= 0.6 is 0 Å². The topological polar surface area (TPSA) is 59.7 Å². The quantitative estimate of drug-likeness (QED) is 0.201. The van der Waals surface area contributed by atoms with E-state index in [-0.39, 0.29) is 5.97 Å². The molecule has 0 spiro atoms. The lowest BCUT2D eigenvalue weighted by atomic mass is 9.77. The molecule has 3 aromatic rings. The van der Waals surface area contributed by atoms with Crippen molar-refractivity contribution in [1.82, 2.24) is 0 Å². The predicted molar refractivity (Wildman–Crippen MR) is 158 cm³/mol. The Hall–Kier alpha value is -3.59. The molecule has 39 heavy (non-hydrogen) atoms. The summed E-state index contributed by atoms with van der Waals surface area (Å²) < 4.78 is 12.2. The van der Waals surface area contributed by atoms with Gasteiger partial charge in [-0.1, -0.05) is 80.3 Å². The van der Waals surface area contributed by atoms with Crippen molar-refractivity contribution in [1.29, 1.82) is 0 Å². The Morgan fingerprint density at radius 1 is 0.821 bits per heavy atom. The number of rotatable bonds is 8. The first-order chi connectivity index (χ1) is 18.7. The minimum absolute atomic E-state index is 0.316. The molecule has 200 valence electrons. The standard InChI is InChI=1S/C34H36O4Si/c1-39(2,3)31-21-20-30(37-31)29-24-34(36,22-12-6-11-15-25-13-7-4-8-14-25)23-28-27(33(35)38-32(28)29)19-18-26-16-9-5-10-17-26/h4-5,7-10,13-14,16-17,20-21,36H,11,15,18-19,22-24H2,1-3H3/t34-/m1/s1. The second-order valence-electron chi connectivity index (χ2n) is 11.6. The van der Waals surface area contributed by atoms with Crippen molar-refractivity contribution in [2.24, 2.45) is 0 Å². The molecule has 0 saturated carbocycles. The Bertz CT molecular complexity index is 1460. The first-order valence-corrected chi connectivity index (χ1v) is 17.3. The van der Waals surface area contributed by atoms with Crippen LogP contribution in [0.5, 0.6) is 0 Å². The number of fused-ring (bicyclic) bond motifs is 1. The van der Waals surface area contributed by atoms with Crippen LogP contribution in [0.3, 0.4) is 0 Å². The number of ether oxygens (including phenoxy) is 1. The number of carbonyl (C=O) groups excluding carboxylic acids is 1. The van der Waals surface area contributed by atoms with Crippen LogP contribution in [-0.4, -0.2) is 24.8 Å². The average molecular weight is 537 g/mol. The van der Waals surface area contributed by atoms with Crippen molar-refractivity contribution < 1.29 is 19.1 Å². The molecule has 5 heteroatoms. The number of furan rings is 1. The highest BCUT2D eigenvalue weighted by molar-refractivity contribution is 6.87. The number of hydrogen-bond acceptors (Lipinski definition) is 4. The van der Waals surface area contributed by atoms with E-state index in [9.17, 15) is 9.90 Å². The zero-order valence-electron chi connectivity index (χ0n) is 23.0. The molecular formula is C34H36O4Si. The van der Waals surface area contributed by atoms with Gasteiger partial charge in [0.25, 0.3) is 0 Å². The molecule has 5 rings (SSSR count). The molecule has 2 aliphatic rings. The molecule has 1 aliphatic heterocycles. The molecule has 0 fully saturated rings. The molecule has 0 saturated heterocycles. The third-order valence-corrected chi connectivity index (χ3v) is 9.19. The van der Waals surface area contributed by atoms with Gasteiger partial charge in [0, 0.05) is 42.4 Å². The minimum atomic E-state index is -1.67. The highest BCUT2D eigenvalue weighted by Crippen LogP contribution is 2.47. The summed E-state index contributed by atoms with van der Waals surface area (Å²) in [4.78, 5) is 13.1. The van der Waals surface area contributed by atoms with Gasteiger partial charge in [-0.2, -0.15) is 0 Å². The van der Waals surface area contributed by atoms with E-state index in [2.05, 4.69) is 55.7 Å². The number of benzene rings is 2. The maximum absolute atomic E-state index is 13.1. The maximum atomic E-state index is 13.1. The number of esters is 1. The van der Waals surface area contributed by atoms with Gasteiger partial charge < -0.3 is 14.3 Å². The molecule has 1 N–H and O–H groups in total. The summed E-state index contributed by atoms with van der Waals surface area (Å²) in [5.74, 6) is 7.42. The number of aliphatic hydroxyl groups is 1. The number of allylic oxidation sites excluding steroid dienone is 1. The van der Waals surface area contributed by atoms with Crippen molar-refractivity contribution in [2.45, 2.75) is 70.2 Å². The smallest absolute Gasteiger partial charge is 0.339 e. The van der Waals surface area contributed by atoms with Crippen molar-refractivity contribution in [3.05, 3.63) is 107 Å². The summed E-state index contributed by atoms with van der Waals surface area (Å²) in [5, 5.41) is 12.8. The summed E-state index contributed by atoms with van der Waals surface area (Å²) in [6.07, 6.45) is 3.91. The molecule has 4 nitrogen and oxygen atoms in total. The highest BCUT2D eigenvalue weighted by Gasteiger charge is 2.44. The summed E-state index contributed by atoms with van der Waals surface area (Å²) >= 11 is 0. The second kappa shape index (κ2) is 11.3. The van der Waals surface area contributed by atoms with Crippen molar-refractivity contribution in [2.75, 3.05) is 0 Å². The van der Waals surface area contributed by atoms with Gasteiger partial charge in [-0.05, 0) is 42.5 Å². The summed E-state index contributed by atoms with van der Waals surface area (Å²) in [5.41, 5.74) is 3.53. The molecule has 0 bridgehead atoms. The Morgan fingerprint density at radius 3 is 2.10 bits per heavy atom. The Morgan fingerprint density at radius 2 is 1.46 bits per heavy atom. The SMILES string of the molecule is C[Si](C)(C)c1ccc(C2=C3OC(=O)C(CCc4ccccc4)=C3C[C@](O)(CC#CCCc3ccccc3)C2)o1. The monoisotopic (exact) mass is 536 g/mol. The molecule has 2 heterocycles. The highest BCUT2D eigenvalue weighted by atomic mass is 28.3. The minimum Gasteiger partial charge on any atom is -0.466 e. The van der Waals surface area contributed by atoms with Crippen LogP contribution in [0.15, 0.2) is 94.1 Å². The number of aryl methyl sites for hydroxylation is 2. The van der Waals surface area contributed by atoms with Crippen molar-refractivity contribution in [3.8, 4) is 11.8 Å². The van der Waals surface area contributed by atoms with Crippen LogP contribution in [-0.2, 0) is 22.4 Å². The third-order valence-electron chi connectivity index (χ3n) is 7.44. The van der Waals surface area contributed by atoms with E-state index in [0.29, 0.717) is 42.8 Å². The Labute approximate surface area is 232 Å². The van der Waals surface area contributed by atoms with Crippen LogP contribution in [0.1, 0.15) is 49.0 Å². The van der Waals surface area contributed by atoms with Crippen LogP contribution in [0, 0.1) is 11.8 Å². The van der Waals surface area contributed by atoms with Gasteiger partial charge in [0.15, 0.2) is 0 Å². The van der Waals surface area contributed by atoms with E-state index >= 15 is 0 Å². The fourth-order valence-electron chi connectivity index (χ4n) is 5.27. The normalized spacial score (nSPS) is 19.0. The molecule has 0 radical (unpaired) electrons. The lowest BCUT2D eigenvalue weighted by molar-refractivity contribution is -0.133. The molecule has 0 amide bonds. The van der Waals surface area contributed by atoms with E-state index in [1.165, 1.54) is 5.56 Å². The first-order valence-electron chi connectivity index (χ1n) is 13.8. The van der Waals surface area contributed by atoms with E-state index in [1.807, 2.05) is 48.5 Å². The van der Waals surface area contributed by atoms with Crippen molar-refractivity contribution in [3.63, 3.8) is 0 Å².